The van der Waals surface area contributed by atoms with Crippen LogP contribution in [0.5, 0.6) is 0 Å². The van der Waals surface area contributed by atoms with Crippen molar-refractivity contribution < 1.29 is 27.9 Å². The summed E-state index contributed by atoms with van der Waals surface area (Å²) >= 11 is 0. The van der Waals surface area contributed by atoms with Crippen molar-refractivity contribution in [2.45, 2.75) is 45.3 Å². The molecule has 7 nitrogen and oxygen atoms in total. The van der Waals surface area contributed by atoms with Gasteiger partial charge in [0.1, 0.15) is 11.8 Å². The fraction of sp³-hybridized carbons (Fsp3) is 0.846. The summed E-state index contributed by atoms with van der Waals surface area (Å²) in [5.41, 5.74) is -0.623. The molecule has 122 valence electrons. The van der Waals surface area contributed by atoms with Gasteiger partial charge in [-0.05, 0) is 33.6 Å². The lowest BCUT2D eigenvalue weighted by Gasteiger charge is -2.28. The van der Waals surface area contributed by atoms with Crippen LogP contribution in [0.4, 0.5) is 4.79 Å². The standard InChI is InChI=1S/C13H24NO6P/c1-13(2,3)20-12(16)14-8-6-7-10(14)11(15)9-21(17,18-4)19-5/h10H,6-9H2,1-5H3/t10-/m0/s1. The van der Waals surface area contributed by atoms with E-state index in [9.17, 15) is 14.2 Å². The number of amides is 1. The molecule has 1 fully saturated rings. The topological polar surface area (TPSA) is 82.1 Å². The third kappa shape index (κ3) is 5.09. The number of ether oxygens (including phenoxy) is 1. The second-order valence-electron chi connectivity index (χ2n) is 5.93. The molecule has 1 saturated heterocycles. The van der Waals surface area contributed by atoms with E-state index in [4.69, 9.17) is 13.8 Å². The van der Waals surface area contributed by atoms with Gasteiger partial charge >= 0.3 is 13.7 Å². The number of nitrogens with zero attached hydrogens (tertiary/aromatic N) is 1. The van der Waals surface area contributed by atoms with Gasteiger partial charge in [-0.2, -0.15) is 0 Å². The van der Waals surface area contributed by atoms with Crippen molar-refractivity contribution in [3.8, 4) is 0 Å². The quantitative estimate of drug-likeness (QED) is 0.723. The maximum absolute atomic E-state index is 12.3. The molecule has 0 saturated carbocycles. The molecule has 1 aliphatic heterocycles. The number of likely N-dealkylation sites (tertiary alicyclic amines) is 1. The van der Waals surface area contributed by atoms with Crippen LogP contribution in [0, 0.1) is 0 Å². The summed E-state index contributed by atoms with van der Waals surface area (Å²) in [7, 11) is -0.948. The van der Waals surface area contributed by atoms with E-state index < -0.39 is 25.3 Å². The molecule has 0 aromatic heterocycles. The molecule has 1 atom stereocenters. The lowest BCUT2D eigenvalue weighted by atomic mass is 10.1. The molecular weight excluding hydrogens is 297 g/mol. The second kappa shape index (κ2) is 6.90. The number of carbonyl (C=O) groups is 2. The van der Waals surface area contributed by atoms with E-state index in [0.29, 0.717) is 19.4 Å². The Bertz CT molecular complexity index is 436. The lowest BCUT2D eigenvalue weighted by molar-refractivity contribution is -0.121. The molecule has 1 heterocycles. The SMILES string of the molecule is COP(=O)(CC(=O)[C@@H]1CCCN1C(=O)OC(C)(C)C)OC. The number of carbonyl (C=O) groups excluding carboxylic acids is 2. The molecule has 0 radical (unpaired) electrons. The van der Waals surface area contributed by atoms with Crippen LogP contribution >= 0.6 is 7.60 Å². The van der Waals surface area contributed by atoms with Crippen LogP contribution < -0.4 is 0 Å². The monoisotopic (exact) mass is 321 g/mol. The molecule has 0 unspecified atom stereocenters. The van der Waals surface area contributed by atoms with Crippen molar-refractivity contribution in [1.29, 1.82) is 0 Å². The molecule has 0 spiro atoms. The first kappa shape index (κ1) is 18.1. The van der Waals surface area contributed by atoms with E-state index in [1.165, 1.54) is 19.1 Å². The first-order valence-corrected chi connectivity index (χ1v) is 8.57. The summed E-state index contributed by atoms with van der Waals surface area (Å²) < 4.78 is 26.9. The van der Waals surface area contributed by atoms with Crippen LogP contribution in [0.1, 0.15) is 33.6 Å². The van der Waals surface area contributed by atoms with Gasteiger partial charge in [-0.3, -0.25) is 14.3 Å². The number of rotatable bonds is 5. The molecule has 8 heteroatoms. The van der Waals surface area contributed by atoms with Crippen molar-refractivity contribution in [3.63, 3.8) is 0 Å². The Hall–Kier alpha value is -0.910. The van der Waals surface area contributed by atoms with Crippen molar-refractivity contribution in [2.75, 3.05) is 26.9 Å². The normalized spacial score (nSPS) is 19.7. The fourth-order valence-electron chi connectivity index (χ4n) is 2.14. The maximum atomic E-state index is 12.3. The third-order valence-electron chi connectivity index (χ3n) is 3.16. The van der Waals surface area contributed by atoms with Gasteiger partial charge in [-0.25, -0.2) is 4.79 Å². The predicted octanol–water partition coefficient (Wildman–Crippen LogP) is 2.44. The van der Waals surface area contributed by atoms with Crippen molar-refractivity contribution in [3.05, 3.63) is 0 Å². The molecule has 0 bridgehead atoms. The zero-order valence-electron chi connectivity index (χ0n) is 13.2. The third-order valence-corrected chi connectivity index (χ3v) is 4.97. The van der Waals surface area contributed by atoms with E-state index in [2.05, 4.69) is 0 Å². The highest BCUT2D eigenvalue weighted by atomic mass is 31.2. The molecule has 0 N–H and O–H groups in total. The summed E-state index contributed by atoms with van der Waals surface area (Å²) in [6, 6.07) is -0.626. The van der Waals surface area contributed by atoms with Crippen LogP contribution in [0.3, 0.4) is 0 Å². The van der Waals surface area contributed by atoms with E-state index in [0.717, 1.165) is 0 Å². The van der Waals surface area contributed by atoms with Gasteiger partial charge in [0.25, 0.3) is 0 Å². The molecule has 21 heavy (non-hydrogen) atoms. The Balaban J connectivity index is 2.75. The smallest absolute Gasteiger partial charge is 0.410 e. The largest absolute Gasteiger partial charge is 0.444 e. The Kier molecular flexibility index (Phi) is 5.96. The van der Waals surface area contributed by atoms with Gasteiger partial charge in [-0.1, -0.05) is 0 Å². The van der Waals surface area contributed by atoms with Crippen LogP contribution in [0.2, 0.25) is 0 Å². The highest BCUT2D eigenvalue weighted by Crippen LogP contribution is 2.46. The summed E-state index contributed by atoms with van der Waals surface area (Å²) in [5, 5.41) is 0. The highest BCUT2D eigenvalue weighted by molar-refractivity contribution is 7.54. The first-order valence-electron chi connectivity index (χ1n) is 6.85. The lowest BCUT2D eigenvalue weighted by Crippen LogP contribution is -2.44. The van der Waals surface area contributed by atoms with E-state index >= 15 is 0 Å². The first-order chi connectivity index (χ1) is 9.62. The summed E-state index contributed by atoms with van der Waals surface area (Å²) in [5.74, 6) is -0.328. The molecule has 1 rings (SSSR count). The fourth-order valence-corrected chi connectivity index (χ4v) is 3.14. The molecule has 0 aromatic carbocycles. The summed E-state index contributed by atoms with van der Waals surface area (Å²) in [6.07, 6.45) is 0.373. The average molecular weight is 321 g/mol. The highest BCUT2D eigenvalue weighted by Gasteiger charge is 2.39. The minimum atomic E-state index is -3.42. The van der Waals surface area contributed by atoms with E-state index in [1.54, 1.807) is 20.8 Å². The molecule has 0 aliphatic carbocycles. The van der Waals surface area contributed by atoms with Crippen LogP contribution in [-0.2, 0) is 23.1 Å². The van der Waals surface area contributed by atoms with Gasteiger partial charge in [0.15, 0.2) is 5.78 Å². The predicted molar refractivity (Wildman–Crippen MR) is 77.5 cm³/mol. The Morgan fingerprint density at radius 2 is 1.81 bits per heavy atom. The molecular formula is C13H24NO6P. The van der Waals surface area contributed by atoms with Crippen LogP contribution in [0.25, 0.3) is 0 Å². The van der Waals surface area contributed by atoms with Gasteiger partial charge in [0.2, 0.25) is 0 Å². The van der Waals surface area contributed by atoms with Crippen molar-refractivity contribution in [1.82, 2.24) is 4.90 Å². The minimum Gasteiger partial charge on any atom is -0.444 e. The molecule has 1 amide bonds. The van der Waals surface area contributed by atoms with Gasteiger partial charge in [0.05, 0.1) is 6.04 Å². The summed E-state index contributed by atoms with van der Waals surface area (Å²) in [6.45, 7) is 5.75. The maximum Gasteiger partial charge on any atom is 0.410 e. The van der Waals surface area contributed by atoms with Gasteiger partial charge in [-0.15, -0.1) is 0 Å². The molecule has 0 aromatic rings. The minimum absolute atomic E-state index is 0.328. The Morgan fingerprint density at radius 3 is 2.29 bits per heavy atom. The number of ketones is 1. The second-order valence-corrected chi connectivity index (χ2v) is 8.20. The number of hydrogen-bond donors (Lipinski definition) is 0. The van der Waals surface area contributed by atoms with Crippen LogP contribution in [-0.4, -0.2) is 55.3 Å². The van der Waals surface area contributed by atoms with Gasteiger partial charge < -0.3 is 13.8 Å². The van der Waals surface area contributed by atoms with Crippen molar-refractivity contribution >= 4 is 19.5 Å². The van der Waals surface area contributed by atoms with Crippen molar-refractivity contribution in [2.24, 2.45) is 0 Å². The van der Waals surface area contributed by atoms with Crippen LogP contribution in [0.15, 0.2) is 0 Å². The van der Waals surface area contributed by atoms with Gasteiger partial charge in [0, 0.05) is 20.8 Å². The van der Waals surface area contributed by atoms with E-state index in [1.807, 2.05) is 0 Å². The number of hydrogen-bond acceptors (Lipinski definition) is 6. The Morgan fingerprint density at radius 1 is 1.24 bits per heavy atom. The average Bonchev–Trinajstić information content (AvgIpc) is 2.86. The zero-order valence-corrected chi connectivity index (χ0v) is 14.1. The summed E-state index contributed by atoms with van der Waals surface area (Å²) in [4.78, 5) is 25.8. The van der Waals surface area contributed by atoms with E-state index in [-0.39, 0.29) is 11.9 Å². The molecule has 1 aliphatic rings. The number of Topliss-reactive ketones (excluding diaryl/α,β-unsaturated/α-hetero) is 1. The zero-order chi connectivity index (χ0) is 16.3. The Labute approximate surface area is 125 Å².